The van der Waals surface area contributed by atoms with Gasteiger partial charge in [0.2, 0.25) is 11.8 Å². The van der Waals surface area contributed by atoms with Gasteiger partial charge in [0.25, 0.3) is 0 Å². The first-order valence-electron chi connectivity index (χ1n) is 8.25. The molecule has 6 nitrogen and oxygen atoms in total. The largest absolute Gasteiger partial charge is 0.338 e. The number of nitrogens with one attached hydrogen (secondary N) is 1. The van der Waals surface area contributed by atoms with E-state index in [1.807, 2.05) is 43.5 Å². The summed E-state index contributed by atoms with van der Waals surface area (Å²) in [6, 6.07) is 11.3. The first-order chi connectivity index (χ1) is 11.6. The van der Waals surface area contributed by atoms with E-state index in [9.17, 15) is 9.59 Å². The van der Waals surface area contributed by atoms with Crippen molar-refractivity contribution < 1.29 is 9.59 Å². The minimum Gasteiger partial charge on any atom is -0.338 e. The third-order valence-corrected chi connectivity index (χ3v) is 4.55. The van der Waals surface area contributed by atoms with Gasteiger partial charge in [-0.3, -0.25) is 14.3 Å². The number of hydrogen-bond acceptors (Lipinski definition) is 3. The molecule has 0 bridgehead atoms. The number of amides is 2. The summed E-state index contributed by atoms with van der Waals surface area (Å²) in [6.45, 7) is 2.74. The van der Waals surface area contributed by atoms with Gasteiger partial charge in [-0.25, -0.2) is 0 Å². The van der Waals surface area contributed by atoms with Gasteiger partial charge in [-0.15, -0.1) is 0 Å². The molecule has 1 aromatic carbocycles. The van der Waals surface area contributed by atoms with Crippen molar-refractivity contribution in [1.29, 1.82) is 0 Å². The van der Waals surface area contributed by atoms with Gasteiger partial charge in [0.15, 0.2) is 5.82 Å². The average molecular weight is 326 g/mol. The predicted octanol–water partition coefficient (Wildman–Crippen LogP) is 2.45. The van der Waals surface area contributed by atoms with Crippen LogP contribution in [0.3, 0.4) is 0 Å². The number of anilines is 1. The van der Waals surface area contributed by atoms with Crippen LogP contribution in [0.1, 0.15) is 31.4 Å². The molecule has 1 aromatic heterocycles. The second kappa shape index (κ2) is 6.86. The van der Waals surface area contributed by atoms with Crippen LogP contribution in [-0.2, 0) is 16.1 Å². The molecule has 0 spiro atoms. The van der Waals surface area contributed by atoms with Crippen LogP contribution >= 0.6 is 0 Å². The third kappa shape index (κ3) is 3.18. The number of aryl methyl sites for hydroxylation is 1. The SMILES string of the molecule is CCn1ccc(NC(=O)[C@H]2CCC(=O)N(C)[C@H]2c2ccccc2)n1. The summed E-state index contributed by atoms with van der Waals surface area (Å²) in [5.74, 6) is 0.239. The van der Waals surface area contributed by atoms with Crippen LogP contribution in [0.5, 0.6) is 0 Å². The van der Waals surface area contributed by atoms with E-state index in [0.29, 0.717) is 18.7 Å². The number of rotatable bonds is 4. The predicted molar refractivity (Wildman–Crippen MR) is 91.2 cm³/mol. The molecule has 2 atom stereocenters. The van der Waals surface area contributed by atoms with Crippen LogP contribution in [0, 0.1) is 5.92 Å². The summed E-state index contributed by atoms with van der Waals surface area (Å²) in [6.07, 6.45) is 2.77. The van der Waals surface area contributed by atoms with Crippen molar-refractivity contribution >= 4 is 17.6 Å². The van der Waals surface area contributed by atoms with E-state index in [2.05, 4.69) is 10.4 Å². The molecule has 0 aliphatic carbocycles. The Morgan fingerprint density at radius 1 is 1.29 bits per heavy atom. The number of aromatic nitrogens is 2. The third-order valence-electron chi connectivity index (χ3n) is 4.55. The Balaban J connectivity index is 1.83. The van der Waals surface area contributed by atoms with E-state index in [1.54, 1.807) is 22.7 Å². The van der Waals surface area contributed by atoms with Crippen LogP contribution in [0.4, 0.5) is 5.82 Å². The molecule has 1 fully saturated rings. The Morgan fingerprint density at radius 2 is 2.04 bits per heavy atom. The van der Waals surface area contributed by atoms with Crippen LogP contribution in [-0.4, -0.2) is 33.5 Å². The maximum Gasteiger partial charge on any atom is 0.231 e. The van der Waals surface area contributed by atoms with Gasteiger partial charge in [0, 0.05) is 32.3 Å². The number of likely N-dealkylation sites (tertiary alicyclic amines) is 1. The lowest BCUT2D eigenvalue weighted by Gasteiger charge is -2.38. The highest BCUT2D eigenvalue weighted by Crippen LogP contribution is 2.36. The number of carbonyl (C=O) groups is 2. The van der Waals surface area contributed by atoms with E-state index < -0.39 is 0 Å². The number of piperidine rings is 1. The van der Waals surface area contributed by atoms with Gasteiger partial charge in [-0.2, -0.15) is 5.10 Å². The highest BCUT2D eigenvalue weighted by Gasteiger charge is 2.38. The smallest absolute Gasteiger partial charge is 0.231 e. The van der Waals surface area contributed by atoms with Crippen molar-refractivity contribution in [3.8, 4) is 0 Å². The molecule has 1 aliphatic rings. The summed E-state index contributed by atoms with van der Waals surface area (Å²) in [5, 5.41) is 7.19. The van der Waals surface area contributed by atoms with E-state index in [4.69, 9.17) is 0 Å². The van der Waals surface area contributed by atoms with Gasteiger partial charge >= 0.3 is 0 Å². The second-order valence-corrected chi connectivity index (χ2v) is 6.05. The first kappa shape index (κ1) is 16.2. The number of hydrogen-bond donors (Lipinski definition) is 1. The highest BCUT2D eigenvalue weighted by atomic mass is 16.2. The monoisotopic (exact) mass is 326 g/mol. The van der Waals surface area contributed by atoms with Crippen LogP contribution < -0.4 is 5.32 Å². The van der Waals surface area contributed by atoms with Gasteiger partial charge in [-0.1, -0.05) is 30.3 Å². The molecule has 3 rings (SSSR count). The van der Waals surface area contributed by atoms with Crippen LogP contribution in [0.2, 0.25) is 0 Å². The summed E-state index contributed by atoms with van der Waals surface area (Å²) in [7, 11) is 1.77. The topological polar surface area (TPSA) is 67.2 Å². The van der Waals surface area contributed by atoms with Crippen LogP contribution in [0.25, 0.3) is 0 Å². The molecule has 2 aromatic rings. The molecule has 1 aliphatic heterocycles. The molecule has 0 radical (unpaired) electrons. The van der Waals surface area contributed by atoms with E-state index in [1.165, 1.54) is 0 Å². The van der Waals surface area contributed by atoms with Crippen molar-refractivity contribution in [2.24, 2.45) is 5.92 Å². The van der Waals surface area contributed by atoms with Crippen molar-refractivity contribution in [3.05, 3.63) is 48.2 Å². The van der Waals surface area contributed by atoms with Crippen molar-refractivity contribution in [3.63, 3.8) is 0 Å². The average Bonchev–Trinajstić information content (AvgIpc) is 3.05. The van der Waals surface area contributed by atoms with Crippen molar-refractivity contribution in [2.75, 3.05) is 12.4 Å². The number of nitrogens with zero attached hydrogens (tertiary/aromatic N) is 3. The molecule has 0 unspecified atom stereocenters. The summed E-state index contributed by atoms with van der Waals surface area (Å²) < 4.78 is 1.76. The molecular formula is C18H22N4O2. The first-order valence-corrected chi connectivity index (χ1v) is 8.25. The lowest BCUT2D eigenvalue weighted by molar-refractivity contribution is -0.140. The maximum atomic E-state index is 12.8. The highest BCUT2D eigenvalue weighted by molar-refractivity contribution is 5.93. The Morgan fingerprint density at radius 3 is 2.71 bits per heavy atom. The van der Waals surface area contributed by atoms with Gasteiger partial charge in [0.05, 0.1) is 12.0 Å². The van der Waals surface area contributed by atoms with Gasteiger partial charge < -0.3 is 10.2 Å². The molecule has 24 heavy (non-hydrogen) atoms. The fraction of sp³-hybridized carbons (Fsp3) is 0.389. The standard InChI is InChI=1S/C18H22N4O2/c1-3-22-12-11-15(20-22)19-18(24)14-9-10-16(23)21(2)17(14)13-7-5-4-6-8-13/h4-8,11-12,14,17H,3,9-10H2,1-2H3,(H,19,20,24)/t14-,17-/m0/s1. The fourth-order valence-corrected chi connectivity index (χ4v) is 3.24. The fourth-order valence-electron chi connectivity index (χ4n) is 3.24. The molecule has 126 valence electrons. The Kier molecular flexibility index (Phi) is 4.64. The van der Waals surface area contributed by atoms with Crippen LogP contribution in [0.15, 0.2) is 42.6 Å². The number of benzene rings is 1. The maximum absolute atomic E-state index is 12.8. The van der Waals surface area contributed by atoms with E-state index in [-0.39, 0.29) is 23.8 Å². The molecular weight excluding hydrogens is 304 g/mol. The molecule has 1 N–H and O–H groups in total. The quantitative estimate of drug-likeness (QED) is 0.938. The molecule has 1 saturated heterocycles. The number of carbonyl (C=O) groups excluding carboxylic acids is 2. The minimum absolute atomic E-state index is 0.0724. The normalized spacial score (nSPS) is 20.9. The summed E-state index contributed by atoms with van der Waals surface area (Å²) in [5.41, 5.74) is 0.979. The summed E-state index contributed by atoms with van der Waals surface area (Å²) >= 11 is 0. The van der Waals surface area contributed by atoms with Crippen molar-refractivity contribution in [2.45, 2.75) is 32.4 Å². The zero-order chi connectivity index (χ0) is 17.1. The minimum atomic E-state index is -0.290. The molecule has 2 amide bonds. The lowest BCUT2D eigenvalue weighted by atomic mass is 9.84. The lowest BCUT2D eigenvalue weighted by Crippen LogP contribution is -2.44. The van der Waals surface area contributed by atoms with E-state index >= 15 is 0 Å². The molecule has 6 heteroatoms. The molecule has 0 saturated carbocycles. The second-order valence-electron chi connectivity index (χ2n) is 6.05. The summed E-state index contributed by atoms with van der Waals surface area (Å²) in [4.78, 5) is 26.6. The van der Waals surface area contributed by atoms with Gasteiger partial charge in [0.1, 0.15) is 0 Å². The molecule has 2 heterocycles. The van der Waals surface area contributed by atoms with Crippen molar-refractivity contribution in [1.82, 2.24) is 14.7 Å². The Bertz CT molecular complexity index is 726. The Hall–Kier alpha value is -2.63. The van der Waals surface area contributed by atoms with E-state index in [0.717, 1.165) is 12.1 Å². The zero-order valence-electron chi connectivity index (χ0n) is 14.0. The van der Waals surface area contributed by atoms with Gasteiger partial charge in [-0.05, 0) is 18.9 Å². The Labute approximate surface area is 141 Å². The zero-order valence-corrected chi connectivity index (χ0v) is 14.0.